The quantitative estimate of drug-likeness (QED) is 0.587. The minimum atomic E-state index is 0.293. The van der Waals surface area contributed by atoms with E-state index in [1.807, 2.05) is 11.8 Å². The molecule has 7 heteroatoms. The van der Waals surface area contributed by atoms with Crippen LogP contribution in [0.4, 0.5) is 0 Å². The lowest BCUT2D eigenvalue weighted by atomic mass is 10.2. The molecule has 2 rings (SSSR count). The Morgan fingerprint density at radius 2 is 2.26 bits per heavy atom. The van der Waals surface area contributed by atoms with Crippen LogP contribution in [0.25, 0.3) is 0 Å². The summed E-state index contributed by atoms with van der Waals surface area (Å²) in [4.78, 5) is 9.02. The Morgan fingerprint density at radius 3 is 2.87 bits per heavy atom. The van der Waals surface area contributed by atoms with Gasteiger partial charge in [0, 0.05) is 30.2 Å². The van der Waals surface area contributed by atoms with Crippen molar-refractivity contribution in [1.82, 2.24) is 20.8 Å². The van der Waals surface area contributed by atoms with Crippen molar-refractivity contribution in [3.8, 4) is 0 Å². The van der Waals surface area contributed by atoms with Crippen LogP contribution in [0.15, 0.2) is 9.52 Å². The van der Waals surface area contributed by atoms with Crippen molar-refractivity contribution in [2.75, 3.05) is 19.3 Å². The fraction of sp³-hybridized carbons (Fsp3) is 0.812. The van der Waals surface area contributed by atoms with Crippen molar-refractivity contribution in [2.24, 2.45) is 4.99 Å². The predicted molar refractivity (Wildman–Crippen MR) is 96.1 cm³/mol. The van der Waals surface area contributed by atoms with Gasteiger partial charge in [-0.25, -0.2) is 0 Å². The van der Waals surface area contributed by atoms with E-state index >= 15 is 0 Å². The van der Waals surface area contributed by atoms with Crippen molar-refractivity contribution in [1.29, 1.82) is 0 Å². The first kappa shape index (κ1) is 18.1. The monoisotopic (exact) mass is 339 g/mol. The third-order valence-corrected chi connectivity index (χ3v) is 5.09. The number of rotatable bonds is 7. The lowest BCUT2D eigenvalue weighted by molar-refractivity contribution is 0.372. The molecular weight excluding hydrogens is 310 g/mol. The Hall–Kier alpha value is -1.24. The van der Waals surface area contributed by atoms with Crippen LogP contribution < -0.4 is 10.6 Å². The molecule has 23 heavy (non-hydrogen) atoms. The first-order valence-corrected chi connectivity index (χ1v) is 9.81. The highest BCUT2D eigenvalue weighted by atomic mass is 32.2. The van der Waals surface area contributed by atoms with Gasteiger partial charge in [0.2, 0.25) is 5.89 Å². The molecule has 1 aromatic rings. The third kappa shape index (κ3) is 5.71. The van der Waals surface area contributed by atoms with E-state index in [0.29, 0.717) is 30.8 Å². The normalized spacial score (nSPS) is 21.9. The zero-order chi connectivity index (χ0) is 16.7. The number of thioether (sulfide) groups is 1. The van der Waals surface area contributed by atoms with Crippen LogP contribution in [0.5, 0.6) is 0 Å². The van der Waals surface area contributed by atoms with Gasteiger partial charge in [0.15, 0.2) is 11.8 Å². The Labute approximate surface area is 143 Å². The van der Waals surface area contributed by atoms with E-state index in [2.05, 4.69) is 52.8 Å². The van der Waals surface area contributed by atoms with Crippen LogP contribution in [0.1, 0.15) is 57.7 Å². The molecule has 0 aliphatic heterocycles. The number of aromatic nitrogens is 2. The summed E-state index contributed by atoms with van der Waals surface area (Å²) in [6.45, 7) is 7.71. The van der Waals surface area contributed by atoms with E-state index in [-0.39, 0.29) is 0 Å². The van der Waals surface area contributed by atoms with Gasteiger partial charge in [0.05, 0.1) is 6.54 Å². The van der Waals surface area contributed by atoms with Crippen LogP contribution >= 0.6 is 11.8 Å². The van der Waals surface area contributed by atoms with E-state index in [1.54, 1.807) is 0 Å². The minimum Gasteiger partial charge on any atom is -0.357 e. The van der Waals surface area contributed by atoms with E-state index < -0.39 is 0 Å². The maximum Gasteiger partial charge on any atom is 0.228 e. The van der Waals surface area contributed by atoms with E-state index in [1.165, 1.54) is 19.3 Å². The summed E-state index contributed by atoms with van der Waals surface area (Å²) in [7, 11) is 0. The van der Waals surface area contributed by atoms with Crippen LogP contribution in [0.3, 0.4) is 0 Å². The van der Waals surface area contributed by atoms with Crippen molar-refractivity contribution >= 4 is 17.7 Å². The highest BCUT2D eigenvalue weighted by Gasteiger charge is 2.24. The molecule has 1 fully saturated rings. The Kier molecular flexibility index (Phi) is 7.20. The minimum absolute atomic E-state index is 0.293. The van der Waals surface area contributed by atoms with Gasteiger partial charge in [-0.15, -0.1) is 0 Å². The summed E-state index contributed by atoms with van der Waals surface area (Å²) >= 11 is 1.97. The molecule has 0 amide bonds. The zero-order valence-electron chi connectivity index (χ0n) is 14.6. The van der Waals surface area contributed by atoms with Crippen LogP contribution in [0.2, 0.25) is 0 Å². The van der Waals surface area contributed by atoms with E-state index in [9.17, 15) is 0 Å². The second-order valence-corrected chi connectivity index (χ2v) is 7.36. The van der Waals surface area contributed by atoms with Gasteiger partial charge in [0.1, 0.15) is 0 Å². The lowest BCUT2D eigenvalue weighted by Crippen LogP contribution is -2.42. The van der Waals surface area contributed by atoms with E-state index in [4.69, 9.17) is 4.52 Å². The molecule has 1 heterocycles. The molecule has 130 valence electrons. The number of aliphatic imine (C=N–C) groups is 1. The van der Waals surface area contributed by atoms with Crippen molar-refractivity contribution in [2.45, 2.75) is 63.7 Å². The Bertz CT molecular complexity index is 502. The molecule has 0 bridgehead atoms. The lowest BCUT2D eigenvalue weighted by Gasteiger charge is -2.17. The molecule has 0 radical (unpaired) electrons. The van der Waals surface area contributed by atoms with Crippen molar-refractivity contribution < 1.29 is 4.52 Å². The van der Waals surface area contributed by atoms with Gasteiger partial charge in [0.25, 0.3) is 0 Å². The maximum absolute atomic E-state index is 5.26. The summed E-state index contributed by atoms with van der Waals surface area (Å²) in [5.74, 6) is 2.62. The molecule has 1 aromatic heterocycles. The molecule has 6 nitrogen and oxygen atoms in total. The molecule has 2 N–H and O–H groups in total. The molecule has 1 aliphatic rings. The zero-order valence-corrected chi connectivity index (χ0v) is 15.4. The Morgan fingerprint density at radius 1 is 1.43 bits per heavy atom. The standard InChI is InChI=1S/C16H29N5OS/c1-5-17-16(19-12-6-7-13(10-12)23-4)18-9-8-14-20-15(11(2)3)21-22-14/h11-13H,5-10H2,1-4H3,(H2,17,18,19). The fourth-order valence-electron chi connectivity index (χ4n) is 2.67. The third-order valence-electron chi connectivity index (χ3n) is 4.00. The molecule has 1 aliphatic carbocycles. The second kappa shape index (κ2) is 9.15. The second-order valence-electron chi connectivity index (χ2n) is 6.22. The SMILES string of the molecule is CCNC(=NCCc1nc(C(C)C)no1)NC1CCC(SC)C1. The first-order chi connectivity index (χ1) is 11.1. The summed E-state index contributed by atoms with van der Waals surface area (Å²) in [5.41, 5.74) is 0. The van der Waals surface area contributed by atoms with Gasteiger partial charge >= 0.3 is 0 Å². The largest absolute Gasteiger partial charge is 0.357 e. The molecule has 0 saturated heterocycles. The number of hydrogen-bond donors (Lipinski definition) is 2. The molecule has 0 spiro atoms. The molecular formula is C16H29N5OS. The van der Waals surface area contributed by atoms with E-state index in [0.717, 1.165) is 23.6 Å². The van der Waals surface area contributed by atoms with Crippen LogP contribution in [-0.2, 0) is 6.42 Å². The van der Waals surface area contributed by atoms with Gasteiger partial charge < -0.3 is 15.2 Å². The predicted octanol–water partition coefficient (Wildman–Crippen LogP) is 2.57. The first-order valence-electron chi connectivity index (χ1n) is 8.52. The van der Waals surface area contributed by atoms with Gasteiger partial charge in [-0.05, 0) is 32.4 Å². The molecule has 2 unspecified atom stereocenters. The van der Waals surface area contributed by atoms with Crippen molar-refractivity contribution in [3.63, 3.8) is 0 Å². The number of guanidine groups is 1. The number of nitrogens with zero attached hydrogens (tertiary/aromatic N) is 3. The number of nitrogens with one attached hydrogen (secondary N) is 2. The topological polar surface area (TPSA) is 75.3 Å². The Balaban J connectivity index is 1.83. The van der Waals surface area contributed by atoms with Crippen LogP contribution in [0, 0.1) is 0 Å². The number of hydrogen-bond acceptors (Lipinski definition) is 5. The van der Waals surface area contributed by atoms with Gasteiger partial charge in [-0.1, -0.05) is 19.0 Å². The highest BCUT2D eigenvalue weighted by molar-refractivity contribution is 7.99. The van der Waals surface area contributed by atoms with Crippen LogP contribution in [-0.4, -0.2) is 46.7 Å². The molecule has 2 atom stereocenters. The average Bonchev–Trinajstić information content (AvgIpc) is 3.16. The average molecular weight is 340 g/mol. The summed E-state index contributed by atoms with van der Waals surface area (Å²) in [6, 6.07) is 0.529. The summed E-state index contributed by atoms with van der Waals surface area (Å²) in [5, 5.41) is 11.6. The van der Waals surface area contributed by atoms with Gasteiger partial charge in [-0.3, -0.25) is 4.99 Å². The maximum atomic E-state index is 5.26. The molecule has 1 saturated carbocycles. The summed E-state index contributed by atoms with van der Waals surface area (Å²) < 4.78 is 5.26. The molecule has 0 aromatic carbocycles. The smallest absolute Gasteiger partial charge is 0.228 e. The summed E-state index contributed by atoms with van der Waals surface area (Å²) in [6.07, 6.45) is 6.60. The van der Waals surface area contributed by atoms with Crippen molar-refractivity contribution in [3.05, 3.63) is 11.7 Å². The fourth-order valence-corrected chi connectivity index (χ4v) is 3.46. The van der Waals surface area contributed by atoms with Gasteiger partial charge in [-0.2, -0.15) is 16.7 Å². The highest BCUT2D eigenvalue weighted by Crippen LogP contribution is 2.27.